The first-order valence-corrected chi connectivity index (χ1v) is 7.35. The van der Waals surface area contributed by atoms with Gasteiger partial charge in [-0.3, -0.25) is 14.5 Å². The molecule has 2 aliphatic rings. The average Bonchev–Trinajstić information content (AvgIpc) is 3.06. The Kier molecular flexibility index (Phi) is 3.31. The summed E-state index contributed by atoms with van der Waals surface area (Å²) in [6.07, 6.45) is 5.22. The van der Waals surface area contributed by atoms with Crippen molar-refractivity contribution in [2.24, 2.45) is 5.92 Å². The van der Waals surface area contributed by atoms with Crippen LogP contribution in [-0.4, -0.2) is 39.7 Å². The predicted octanol–water partition coefficient (Wildman–Crippen LogP) is 1.70. The molecule has 2 fully saturated rings. The van der Waals surface area contributed by atoms with Crippen molar-refractivity contribution in [3.05, 3.63) is 24.0 Å². The molecule has 0 unspecified atom stereocenters. The van der Waals surface area contributed by atoms with Gasteiger partial charge in [-0.05, 0) is 30.9 Å². The van der Waals surface area contributed by atoms with E-state index in [0.717, 1.165) is 24.2 Å². The third-order valence-electron chi connectivity index (χ3n) is 4.70. The lowest BCUT2D eigenvalue weighted by molar-refractivity contribution is -0.133. The van der Waals surface area contributed by atoms with Crippen LogP contribution in [-0.2, 0) is 4.79 Å². The van der Waals surface area contributed by atoms with Gasteiger partial charge in [0, 0.05) is 6.20 Å². The van der Waals surface area contributed by atoms with Gasteiger partial charge >= 0.3 is 6.03 Å². The summed E-state index contributed by atoms with van der Waals surface area (Å²) in [6.45, 7) is 1.79. The highest BCUT2D eigenvalue weighted by Gasteiger charge is 2.55. The number of H-pyrrole nitrogens is 1. The van der Waals surface area contributed by atoms with Crippen LogP contribution in [0.3, 0.4) is 0 Å². The minimum Gasteiger partial charge on any atom is -0.359 e. The van der Waals surface area contributed by atoms with Gasteiger partial charge in [0.05, 0.1) is 12.2 Å². The Hall–Kier alpha value is -2.11. The van der Waals surface area contributed by atoms with Crippen molar-refractivity contribution in [3.8, 4) is 0 Å². The first kappa shape index (κ1) is 13.9. The second-order valence-electron chi connectivity index (χ2n) is 5.95. The highest BCUT2D eigenvalue weighted by Crippen LogP contribution is 2.38. The number of carbonyl (C=O) groups is 3. The highest BCUT2D eigenvalue weighted by molar-refractivity contribution is 6.11. The molecule has 0 bridgehead atoms. The quantitative estimate of drug-likeness (QED) is 0.656. The van der Waals surface area contributed by atoms with Gasteiger partial charge < -0.3 is 10.3 Å². The van der Waals surface area contributed by atoms with E-state index in [1.165, 1.54) is 0 Å². The van der Waals surface area contributed by atoms with E-state index < -0.39 is 11.6 Å². The van der Waals surface area contributed by atoms with Gasteiger partial charge in [-0.25, -0.2) is 4.79 Å². The molecule has 1 saturated heterocycles. The van der Waals surface area contributed by atoms with Crippen molar-refractivity contribution in [2.45, 2.75) is 38.1 Å². The van der Waals surface area contributed by atoms with Crippen LogP contribution in [0.5, 0.6) is 0 Å². The van der Waals surface area contributed by atoms with Crippen molar-refractivity contribution in [2.75, 3.05) is 6.54 Å². The van der Waals surface area contributed by atoms with Crippen molar-refractivity contribution in [1.29, 1.82) is 0 Å². The predicted molar refractivity (Wildman–Crippen MR) is 75.7 cm³/mol. The van der Waals surface area contributed by atoms with E-state index in [-0.39, 0.29) is 24.2 Å². The molecule has 6 heteroatoms. The molecule has 112 valence electrons. The third kappa shape index (κ3) is 2.14. The summed E-state index contributed by atoms with van der Waals surface area (Å²) in [5, 5.41) is 2.84. The van der Waals surface area contributed by atoms with Crippen LogP contribution in [0.25, 0.3) is 0 Å². The van der Waals surface area contributed by atoms with Gasteiger partial charge in [0.1, 0.15) is 5.54 Å². The van der Waals surface area contributed by atoms with Crippen LogP contribution < -0.4 is 5.32 Å². The Morgan fingerprint density at radius 3 is 2.90 bits per heavy atom. The van der Waals surface area contributed by atoms with Crippen molar-refractivity contribution >= 4 is 17.7 Å². The van der Waals surface area contributed by atoms with E-state index in [2.05, 4.69) is 10.3 Å². The molecule has 1 saturated carbocycles. The molecule has 0 aromatic carbocycles. The number of aromatic amines is 1. The highest BCUT2D eigenvalue weighted by atomic mass is 16.2. The fraction of sp³-hybridized carbons (Fsp3) is 0.533. The second-order valence-corrected chi connectivity index (χ2v) is 5.95. The molecular formula is C15H19N3O3. The first-order valence-electron chi connectivity index (χ1n) is 7.35. The summed E-state index contributed by atoms with van der Waals surface area (Å²) >= 11 is 0. The van der Waals surface area contributed by atoms with E-state index in [1.54, 1.807) is 18.3 Å². The molecule has 1 aliphatic heterocycles. The maximum Gasteiger partial charge on any atom is 0.325 e. The van der Waals surface area contributed by atoms with E-state index in [4.69, 9.17) is 0 Å². The lowest BCUT2D eigenvalue weighted by Crippen LogP contribution is -2.54. The minimum atomic E-state index is -0.800. The Morgan fingerprint density at radius 1 is 1.43 bits per heavy atom. The molecule has 6 nitrogen and oxygen atoms in total. The zero-order valence-electron chi connectivity index (χ0n) is 12.0. The molecule has 21 heavy (non-hydrogen) atoms. The number of urea groups is 1. The summed E-state index contributed by atoms with van der Waals surface area (Å²) in [7, 11) is 0. The summed E-state index contributed by atoms with van der Waals surface area (Å²) in [5.74, 6) is -0.406. The lowest BCUT2D eigenvalue weighted by atomic mass is 9.73. The van der Waals surface area contributed by atoms with Crippen LogP contribution in [0.1, 0.15) is 43.1 Å². The van der Waals surface area contributed by atoms with Crippen molar-refractivity contribution < 1.29 is 14.4 Å². The number of hydrogen-bond donors (Lipinski definition) is 2. The maximum absolute atomic E-state index is 12.7. The molecule has 1 aromatic heterocycles. The van der Waals surface area contributed by atoms with Crippen molar-refractivity contribution in [1.82, 2.24) is 15.2 Å². The number of nitrogens with zero attached hydrogens (tertiary/aromatic N) is 1. The number of nitrogens with one attached hydrogen (secondary N) is 2. The fourth-order valence-corrected chi connectivity index (χ4v) is 3.37. The zero-order valence-corrected chi connectivity index (χ0v) is 12.0. The molecule has 1 spiro atoms. The largest absolute Gasteiger partial charge is 0.359 e. The van der Waals surface area contributed by atoms with Gasteiger partial charge in [-0.15, -0.1) is 0 Å². The van der Waals surface area contributed by atoms with Crippen molar-refractivity contribution in [3.63, 3.8) is 0 Å². The second kappa shape index (κ2) is 5.02. The van der Waals surface area contributed by atoms with Gasteiger partial charge in [0.15, 0.2) is 5.78 Å². The average molecular weight is 289 g/mol. The molecule has 1 aliphatic carbocycles. The molecule has 2 atom stereocenters. The first-order chi connectivity index (χ1) is 10.0. The summed E-state index contributed by atoms with van der Waals surface area (Å²) in [4.78, 5) is 40.8. The van der Waals surface area contributed by atoms with Gasteiger partial charge in [0.25, 0.3) is 5.91 Å². The molecule has 2 heterocycles. The van der Waals surface area contributed by atoms with E-state index in [0.29, 0.717) is 12.1 Å². The molecular weight excluding hydrogens is 270 g/mol. The summed E-state index contributed by atoms with van der Waals surface area (Å²) in [5.41, 5.74) is -0.390. The summed E-state index contributed by atoms with van der Waals surface area (Å²) < 4.78 is 0. The van der Waals surface area contributed by atoms with Crippen LogP contribution in [0.15, 0.2) is 18.3 Å². The van der Waals surface area contributed by atoms with E-state index in [9.17, 15) is 14.4 Å². The Balaban J connectivity index is 1.79. The number of rotatable bonds is 3. The van der Waals surface area contributed by atoms with Crippen LogP contribution >= 0.6 is 0 Å². The van der Waals surface area contributed by atoms with Crippen LogP contribution in [0.2, 0.25) is 0 Å². The zero-order chi connectivity index (χ0) is 15.0. The third-order valence-corrected chi connectivity index (χ3v) is 4.70. The van der Waals surface area contributed by atoms with Crippen LogP contribution in [0.4, 0.5) is 4.79 Å². The van der Waals surface area contributed by atoms with E-state index >= 15 is 0 Å². The fourth-order valence-electron chi connectivity index (χ4n) is 3.37. The van der Waals surface area contributed by atoms with E-state index in [1.807, 2.05) is 6.92 Å². The minimum absolute atomic E-state index is 0.105. The number of Topliss-reactive ketones (excluding diaryl/α,β-unsaturated/α-hetero) is 1. The van der Waals surface area contributed by atoms with Gasteiger partial charge in [-0.1, -0.05) is 19.8 Å². The monoisotopic (exact) mass is 289 g/mol. The topological polar surface area (TPSA) is 82.3 Å². The maximum atomic E-state index is 12.7. The Morgan fingerprint density at radius 2 is 2.24 bits per heavy atom. The molecule has 3 rings (SSSR count). The number of hydrogen-bond acceptors (Lipinski definition) is 3. The van der Waals surface area contributed by atoms with Gasteiger partial charge in [0.2, 0.25) is 0 Å². The smallest absolute Gasteiger partial charge is 0.325 e. The molecule has 0 radical (unpaired) electrons. The molecule has 2 N–H and O–H groups in total. The lowest BCUT2D eigenvalue weighted by Gasteiger charge is -2.36. The number of amides is 3. The normalized spacial score (nSPS) is 29.0. The number of imide groups is 1. The number of ketones is 1. The Labute approximate surface area is 122 Å². The van der Waals surface area contributed by atoms with Gasteiger partial charge in [-0.2, -0.15) is 0 Å². The number of carbonyl (C=O) groups excluding carboxylic acids is 3. The SMILES string of the molecule is C[C@@H]1CCCC[C@@]12NC(=O)N(CC(=O)c1ccc[nH]1)C2=O. The Bertz CT molecular complexity index is 581. The standard InChI is InChI=1S/C15H19N3O3/c1-10-5-2-3-7-15(10)13(20)18(14(21)17-15)9-12(19)11-6-4-8-16-11/h4,6,8,10,16H,2-3,5,7,9H2,1H3,(H,17,21)/t10-,15-/m1/s1. The molecule has 3 amide bonds. The summed E-state index contributed by atoms with van der Waals surface area (Å²) in [6, 6.07) is 2.90. The molecule has 1 aromatic rings. The number of aromatic nitrogens is 1. The van der Waals surface area contributed by atoms with Crippen LogP contribution in [0, 0.1) is 5.92 Å².